The number of nitrogens with two attached hydrogens (primary N) is 1. The Labute approximate surface area is 86.3 Å². The van der Waals surface area contributed by atoms with Crippen LogP contribution in [0.5, 0.6) is 0 Å². The first-order valence-corrected chi connectivity index (χ1v) is 4.59. The molecule has 0 atom stereocenters. The van der Waals surface area contributed by atoms with E-state index < -0.39 is 23.2 Å². The molecular weight excluding hydrogens is 202 g/mol. The number of anilines is 1. The molecule has 0 aromatic heterocycles. The summed E-state index contributed by atoms with van der Waals surface area (Å²) in [5, 5.41) is 2.17. The lowest BCUT2D eigenvalue weighted by atomic mass is 10.2. The van der Waals surface area contributed by atoms with E-state index in [4.69, 9.17) is 5.73 Å². The lowest BCUT2D eigenvalue weighted by Crippen LogP contribution is -2.15. The number of hydrogen-bond donors (Lipinski definition) is 2. The third-order valence-electron chi connectivity index (χ3n) is 1.84. The summed E-state index contributed by atoms with van der Waals surface area (Å²) in [4.78, 5) is 11.2. The van der Waals surface area contributed by atoms with Crippen LogP contribution >= 0.6 is 0 Å². The molecule has 0 heterocycles. The molecule has 1 rings (SSSR count). The van der Waals surface area contributed by atoms with Gasteiger partial charge in [0.15, 0.2) is 0 Å². The van der Waals surface area contributed by atoms with Crippen molar-refractivity contribution in [2.45, 2.75) is 12.8 Å². The molecule has 0 aliphatic carbocycles. The summed E-state index contributed by atoms with van der Waals surface area (Å²) in [6.07, 6.45) is 0.645. The number of hydrogen-bond acceptors (Lipinski definition) is 2. The summed E-state index contributed by atoms with van der Waals surface area (Å²) in [6, 6.07) is 3.41. The maximum atomic E-state index is 13.1. The number of carbonyl (C=O) groups excluding carboxylic acids is 1. The van der Waals surface area contributed by atoms with Crippen molar-refractivity contribution in [2.75, 3.05) is 11.9 Å². The maximum Gasteiger partial charge on any atom is 0.224 e. The van der Waals surface area contributed by atoms with E-state index >= 15 is 0 Å². The molecule has 3 nitrogen and oxygen atoms in total. The van der Waals surface area contributed by atoms with Crippen LogP contribution in [0, 0.1) is 11.6 Å². The Balaban J connectivity index is 2.68. The van der Waals surface area contributed by atoms with Gasteiger partial charge in [0, 0.05) is 6.42 Å². The van der Waals surface area contributed by atoms with Crippen molar-refractivity contribution >= 4 is 11.6 Å². The minimum atomic E-state index is -0.781. The Hall–Kier alpha value is -1.49. The van der Waals surface area contributed by atoms with E-state index in [1.54, 1.807) is 0 Å². The highest BCUT2D eigenvalue weighted by atomic mass is 19.1. The number of nitrogens with one attached hydrogen (secondary N) is 1. The van der Waals surface area contributed by atoms with E-state index in [0.717, 1.165) is 12.1 Å². The largest absolute Gasteiger partial charge is 0.330 e. The van der Waals surface area contributed by atoms with Gasteiger partial charge < -0.3 is 11.1 Å². The van der Waals surface area contributed by atoms with Crippen molar-refractivity contribution < 1.29 is 13.6 Å². The highest BCUT2D eigenvalue weighted by Gasteiger charge is 2.10. The summed E-state index contributed by atoms with van der Waals surface area (Å²) in [6.45, 7) is 0.368. The van der Waals surface area contributed by atoms with Crippen molar-refractivity contribution in [3.05, 3.63) is 29.8 Å². The standard InChI is InChI=1S/C10H12F2N2O/c11-7-3-1-4-8(12)10(7)14-9(15)5-2-6-13/h1,3-4H,2,5-6,13H2,(H,14,15). The summed E-state index contributed by atoms with van der Waals surface area (Å²) in [5.74, 6) is -2.00. The van der Waals surface area contributed by atoms with Crippen LogP contribution in [0.25, 0.3) is 0 Å². The predicted octanol–water partition coefficient (Wildman–Crippen LogP) is 1.64. The lowest BCUT2D eigenvalue weighted by Gasteiger charge is -2.06. The van der Waals surface area contributed by atoms with E-state index in [9.17, 15) is 13.6 Å². The Morgan fingerprint density at radius 3 is 2.47 bits per heavy atom. The predicted molar refractivity (Wildman–Crippen MR) is 53.3 cm³/mol. The van der Waals surface area contributed by atoms with Crippen LogP contribution in [-0.2, 0) is 4.79 Å². The van der Waals surface area contributed by atoms with Gasteiger partial charge in [0.05, 0.1) is 0 Å². The fourth-order valence-electron chi connectivity index (χ4n) is 1.08. The van der Waals surface area contributed by atoms with Gasteiger partial charge in [-0.05, 0) is 25.1 Å². The molecule has 0 aliphatic rings. The molecule has 5 heteroatoms. The third kappa shape index (κ3) is 3.28. The van der Waals surface area contributed by atoms with Gasteiger partial charge in [-0.15, -0.1) is 0 Å². The van der Waals surface area contributed by atoms with Crippen LogP contribution in [0.4, 0.5) is 14.5 Å². The van der Waals surface area contributed by atoms with Crippen LogP contribution in [0.1, 0.15) is 12.8 Å². The van der Waals surface area contributed by atoms with Gasteiger partial charge in [-0.3, -0.25) is 4.79 Å². The third-order valence-corrected chi connectivity index (χ3v) is 1.84. The summed E-state index contributed by atoms with van der Waals surface area (Å²) in [7, 11) is 0. The van der Waals surface area contributed by atoms with E-state index in [1.807, 2.05) is 0 Å². The minimum Gasteiger partial charge on any atom is -0.330 e. The monoisotopic (exact) mass is 214 g/mol. The number of amides is 1. The molecule has 82 valence electrons. The molecule has 1 amide bonds. The fourth-order valence-corrected chi connectivity index (χ4v) is 1.08. The first-order valence-electron chi connectivity index (χ1n) is 4.59. The quantitative estimate of drug-likeness (QED) is 0.800. The molecule has 0 bridgehead atoms. The number of para-hydroxylation sites is 1. The molecule has 0 radical (unpaired) electrons. The van der Waals surface area contributed by atoms with E-state index in [2.05, 4.69) is 5.32 Å². The SMILES string of the molecule is NCCCC(=O)Nc1c(F)cccc1F. The van der Waals surface area contributed by atoms with E-state index in [1.165, 1.54) is 6.07 Å². The average molecular weight is 214 g/mol. The molecule has 0 aliphatic heterocycles. The van der Waals surface area contributed by atoms with Crippen molar-refractivity contribution in [3.63, 3.8) is 0 Å². The topological polar surface area (TPSA) is 55.1 Å². The van der Waals surface area contributed by atoms with Gasteiger partial charge in [-0.25, -0.2) is 8.78 Å². The number of rotatable bonds is 4. The molecule has 1 aromatic rings. The molecule has 0 spiro atoms. The van der Waals surface area contributed by atoms with Crippen LogP contribution in [0.2, 0.25) is 0 Å². The van der Waals surface area contributed by atoms with Crippen LogP contribution in [-0.4, -0.2) is 12.5 Å². The van der Waals surface area contributed by atoms with Gasteiger partial charge in [0.2, 0.25) is 5.91 Å². The molecule has 3 N–H and O–H groups in total. The molecule has 1 aromatic carbocycles. The number of halogens is 2. The van der Waals surface area contributed by atoms with Crippen LogP contribution < -0.4 is 11.1 Å². The number of benzene rings is 1. The molecular formula is C10H12F2N2O. The second kappa shape index (κ2) is 5.41. The highest BCUT2D eigenvalue weighted by molar-refractivity contribution is 5.90. The van der Waals surface area contributed by atoms with Crippen molar-refractivity contribution in [1.82, 2.24) is 0 Å². The highest BCUT2D eigenvalue weighted by Crippen LogP contribution is 2.18. The van der Waals surface area contributed by atoms with Crippen molar-refractivity contribution in [2.24, 2.45) is 5.73 Å². The zero-order valence-corrected chi connectivity index (χ0v) is 8.09. The summed E-state index contributed by atoms with van der Waals surface area (Å²) in [5.41, 5.74) is 4.80. The smallest absolute Gasteiger partial charge is 0.224 e. The normalized spacial score (nSPS) is 10.1. The molecule has 0 unspecified atom stereocenters. The Bertz CT molecular complexity index is 335. The average Bonchev–Trinajstić information content (AvgIpc) is 2.21. The fraction of sp³-hybridized carbons (Fsp3) is 0.300. The Morgan fingerprint density at radius 2 is 1.93 bits per heavy atom. The van der Waals surface area contributed by atoms with E-state index in [-0.39, 0.29) is 6.42 Å². The van der Waals surface area contributed by atoms with Gasteiger partial charge in [0.25, 0.3) is 0 Å². The molecule has 15 heavy (non-hydrogen) atoms. The number of carbonyl (C=O) groups is 1. The van der Waals surface area contributed by atoms with Gasteiger partial charge in [-0.2, -0.15) is 0 Å². The van der Waals surface area contributed by atoms with E-state index in [0.29, 0.717) is 13.0 Å². The van der Waals surface area contributed by atoms with Gasteiger partial charge in [-0.1, -0.05) is 6.07 Å². The zero-order valence-electron chi connectivity index (χ0n) is 8.09. The van der Waals surface area contributed by atoms with Crippen molar-refractivity contribution in [1.29, 1.82) is 0 Å². The first-order chi connectivity index (χ1) is 7.15. The lowest BCUT2D eigenvalue weighted by molar-refractivity contribution is -0.116. The first kappa shape index (κ1) is 11.6. The summed E-state index contributed by atoms with van der Waals surface area (Å²) < 4.78 is 26.1. The molecule has 0 saturated carbocycles. The van der Waals surface area contributed by atoms with Gasteiger partial charge in [0.1, 0.15) is 17.3 Å². The second-order valence-corrected chi connectivity index (χ2v) is 3.04. The maximum absolute atomic E-state index is 13.1. The Morgan fingerprint density at radius 1 is 1.33 bits per heavy atom. The minimum absolute atomic E-state index is 0.157. The molecule has 0 saturated heterocycles. The second-order valence-electron chi connectivity index (χ2n) is 3.04. The van der Waals surface area contributed by atoms with Crippen LogP contribution in [0.3, 0.4) is 0 Å². The van der Waals surface area contributed by atoms with Crippen LogP contribution in [0.15, 0.2) is 18.2 Å². The van der Waals surface area contributed by atoms with Crippen molar-refractivity contribution in [3.8, 4) is 0 Å². The van der Waals surface area contributed by atoms with Gasteiger partial charge >= 0.3 is 0 Å². The zero-order chi connectivity index (χ0) is 11.3. The molecule has 0 fully saturated rings. The summed E-state index contributed by atoms with van der Waals surface area (Å²) >= 11 is 0. The Kier molecular flexibility index (Phi) is 4.17.